The van der Waals surface area contributed by atoms with E-state index in [0.29, 0.717) is 18.2 Å². The average Bonchev–Trinajstić information content (AvgIpc) is 2.52. The van der Waals surface area contributed by atoms with Gasteiger partial charge in [-0.1, -0.05) is 13.8 Å². The molecule has 1 aromatic heterocycles. The van der Waals surface area contributed by atoms with Crippen LogP contribution in [0.5, 0.6) is 5.75 Å². The third-order valence-electron chi connectivity index (χ3n) is 2.73. The molecule has 0 spiro atoms. The molecule has 0 aliphatic carbocycles. The zero-order valence-corrected chi connectivity index (χ0v) is 12.0. The van der Waals surface area contributed by atoms with Crippen molar-refractivity contribution in [1.82, 2.24) is 15.4 Å². The maximum Gasteiger partial charge on any atom is 0.285 e. The topological polar surface area (TPSA) is 90.1 Å². The van der Waals surface area contributed by atoms with E-state index in [0.717, 1.165) is 11.3 Å². The number of aromatic nitrogens is 2. The average molecular weight is 286 g/mol. The summed E-state index contributed by atoms with van der Waals surface area (Å²) in [5, 5.41) is 0. The lowest BCUT2D eigenvalue weighted by atomic mass is 10.1. The zero-order chi connectivity index (χ0) is 15.2. The van der Waals surface area contributed by atoms with Crippen molar-refractivity contribution in [3.8, 4) is 17.0 Å². The van der Waals surface area contributed by atoms with Crippen molar-refractivity contribution in [3.63, 3.8) is 0 Å². The lowest BCUT2D eigenvalue weighted by Gasteiger charge is -2.09. The Balaban J connectivity index is 2.17. The number of nitrogens with one attached hydrogen (secondary N) is 1. The highest BCUT2D eigenvalue weighted by Crippen LogP contribution is 2.20. The molecular formula is C15H18N4O2. The van der Waals surface area contributed by atoms with Crippen LogP contribution in [-0.2, 0) is 0 Å². The van der Waals surface area contributed by atoms with Gasteiger partial charge in [-0.25, -0.2) is 10.8 Å². The van der Waals surface area contributed by atoms with Crippen LogP contribution in [0.15, 0.2) is 36.7 Å². The van der Waals surface area contributed by atoms with Crippen LogP contribution < -0.4 is 16.0 Å². The molecule has 0 saturated carbocycles. The number of amides is 1. The van der Waals surface area contributed by atoms with Gasteiger partial charge in [-0.15, -0.1) is 0 Å². The molecule has 21 heavy (non-hydrogen) atoms. The molecule has 0 aliphatic heterocycles. The number of nitrogens with two attached hydrogens (primary N) is 1. The van der Waals surface area contributed by atoms with Crippen LogP contribution in [0.25, 0.3) is 11.3 Å². The minimum absolute atomic E-state index is 0.176. The van der Waals surface area contributed by atoms with Crippen molar-refractivity contribution in [2.75, 3.05) is 6.61 Å². The molecule has 6 nitrogen and oxygen atoms in total. The standard InChI is InChI=1S/C15H18N4O2/c1-10(2)9-21-12-5-3-11(4-6-12)13-7-17-8-14(18-13)15(20)19-16/h3-8,10H,9,16H2,1-2H3,(H,19,20). The zero-order valence-electron chi connectivity index (χ0n) is 12.0. The van der Waals surface area contributed by atoms with Crippen molar-refractivity contribution < 1.29 is 9.53 Å². The molecule has 6 heteroatoms. The molecule has 0 fully saturated rings. The summed E-state index contributed by atoms with van der Waals surface area (Å²) in [4.78, 5) is 19.7. The molecule has 0 radical (unpaired) electrons. The summed E-state index contributed by atoms with van der Waals surface area (Å²) in [6, 6.07) is 7.50. The summed E-state index contributed by atoms with van der Waals surface area (Å²) in [6.45, 7) is 4.86. The van der Waals surface area contributed by atoms with E-state index >= 15 is 0 Å². The Labute approximate surface area is 123 Å². The highest BCUT2D eigenvalue weighted by molar-refractivity contribution is 5.91. The fraction of sp³-hybridized carbons (Fsp3) is 0.267. The summed E-state index contributed by atoms with van der Waals surface area (Å²) >= 11 is 0. The number of benzene rings is 1. The Morgan fingerprint density at radius 2 is 2.00 bits per heavy atom. The molecule has 3 N–H and O–H groups in total. The van der Waals surface area contributed by atoms with E-state index in [2.05, 4.69) is 23.8 Å². The Morgan fingerprint density at radius 3 is 2.62 bits per heavy atom. The quantitative estimate of drug-likeness (QED) is 0.497. The molecule has 110 valence electrons. The number of ether oxygens (including phenoxy) is 1. The monoisotopic (exact) mass is 286 g/mol. The smallest absolute Gasteiger partial charge is 0.285 e. The van der Waals surface area contributed by atoms with E-state index < -0.39 is 5.91 Å². The fourth-order valence-corrected chi connectivity index (χ4v) is 1.67. The van der Waals surface area contributed by atoms with Gasteiger partial charge >= 0.3 is 0 Å². The molecule has 1 aromatic carbocycles. The second-order valence-corrected chi connectivity index (χ2v) is 4.99. The van der Waals surface area contributed by atoms with E-state index in [4.69, 9.17) is 10.6 Å². The van der Waals surface area contributed by atoms with Crippen LogP contribution in [0.4, 0.5) is 0 Å². The number of rotatable bonds is 5. The van der Waals surface area contributed by atoms with Gasteiger partial charge < -0.3 is 4.74 Å². The van der Waals surface area contributed by atoms with E-state index in [9.17, 15) is 4.79 Å². The van der Waals surface area contributed by atoms with Crippen LogP contribution in [0.2, 0.25) is 0 Å². The van der Waals surface area contributed by atoms with Crippen LogP contribution in [0.3, 0.4) is 0 Å². The molecule has 2 aromatic rings. The maximum atomic E-state index is 11.4. The molecule has 0 saturated heterocycles. The fourth-order valence-electron chi connectivity index (χ4n) is 1.67. The second-order valence-electron chi connectivity index (χ2n) is 4.99. The van der Waals surface area contributed by atoms with Crippen LogP contribution in [-0.4, -0.2) is 22.5 Å². The van der Waals surface area contributed by atoms with Crippen molar-refractivity contribution in [3.05, 3.63) is 42.4 Å². The summed E-state index contributed by atoms with van der Waals surface area (Å²) in [5.74, 6) is 5.89. The van der Waals surface area contributed by atoms with Crippen molar-refractivity contribution in [1.29, 1.82) is 0 Å². The first-order valence-corrected chi connectivity index (χ1v) is 6.66. The number of nitrogen functional groups attached to an aromatic ring is 1. The number of hydrogen-bond donors (Lipinski definition) is 2. The van der Waals surface area contributed by atoms with Gasteiger partial charge in [0.05, 0.1) is 24.7 Å². The molecule has 0 aliphatic rings. The first-order valence-electron chi connectivity index (χ1n) is 6.66. The van der Waals surface area contributed by atoms with Crippen molar-refractivity contribution >= 4 is 5.91 Å². The summed E-state index contributed by atoms with van der Waals surface area (Å²) < 4.78 is 5.62. The molecular weight excluding hydrogens is 268 g/mol. The summed E-state index contributed by atoms with van der Waals surface area (Å²) in [6.07, 6.45) is 2.96. The van der Waals surface area contributed by atoms with Gasteiger partial charge in [-0.2, -0.15) is 0 Å². The number of nitrogens with zero attached hydrogens (tertiary/aromatic N) is 2. The van der Waals surface area contributed by atoms with Gasteiger partial charge in [-0.05, 0) is 30.2 Å². The normalized spacial score (nSPS) is 10.5. The van der Waals surface area contributed by atoms with Crippen LogP contribution >= 0.6 is 0 Å². The van der Waals surface area contributed by atoms with E-state index in [1.807, 2.05) is 29.7 Å². The molecule has 0 atom stereocenters. The van der Waals surface area contributed by atoms with E-state index in [1.54, 1.807) is 6.20 Å². The minimum Gasteiger partial charge on any atom is -0.493 e. The second kappa shape index (κ2) is 6.81. The highest BCUT2D eigenvalue weighted by Gasteiger charge is 2.08. The highest BCUT2D eigenvalue weighted by atomic mass is 16.5. The molecule has 1 amide bonds. The van der Waals surface area contributed by atoms with Gasteiger partial charge in [0.2, 0.25) is 0 Å². The Bertz CT molecular complexity index is 611. The predicted molar refractivity (Wildman–Crippen MR) is 79.5 cm³/mol. The molecule has 0 unspecified atom stereocenters. The molecule has 0 bridgehead atoms. The Morgan fingerprint density at radius 1 is 1.29 bits per heavy atom. The first kappa shape index (κ1) is 14.9. The Kier molecular flexibility index (Phi) is 4.84. The lowest BCUT2D eigenvalue weighted by Crippen LogP contribution is -2.30. The maximum absolute atomic E-state index is 11.4. The van der Waals surface area contributed by atoms with Crippen molar-refractivity contribution in [2.24, 2.45) is 11.8 Å². The minimum atomic E-state index is -0.471. The van der Waals surface area contributed by atoms with Gasteiger partial charge in [0.1, 0.15) is 11.4 Å². The third kappa shape index (κ3) is 4.00. The number of hydrazine groups is 1. The largest absolute Gasteiger partial charge is 0.493 e. The van der Waals surface area contributed by atoms with Crippen LogP contribution in [0.1, 0.15) is 24.3 Å². The number of hydrogen-bond acceptors (Lipinski definition) is 5. The number of carbonyl (C=O) groups is 1. The molecule has 2 rings (SSSR count). The number of carbonyl (C=O) groups excluding carboxylic acids is 1. The van der Waals surface area contributed by atoms with E-state index in [-0.39, 0.29) is 5.69 Å². The van der Waals surface area contributed by atoms with Gasteiger partial charge in [0.15, 0.2) is 0 Å². The van der Waals surface area contributed by atoms with Crippen LogP contribution in [0, 0.1) is 5.92 Å². The SMILES string of the molecule is CC(C)COc1ccc(-c2cncc(C(=O)NN)n2)cc1. The Hall–Kier alpha value is -2.47. The van der Waals surface area contributed by atoms with E-state index in [1.165, 1.54) is 6.20 Å². The molecule has 1 heterocycles. The summed E-state index contributed by atoms with van der Waals surface area (Å²) in [7, 11) is 0. The van der Waals surface area contributed by atoms with Crippen molar-refractivity contribution in [2.45, 2.75) is 13.8 Å². The predicted octanol–water partition coefficient (Wildman–Crippen LogP) is 1.78. The first-order chi connectivity index (χ1) is 10.1. The van der Waals surface area contributed by atoms with Gasteiger partial charge in [0.25, 0.3) is 5.91 Å². The van der Waals surface area contributed by atoms with Gasteiger partial charge in [0, 0.05) is 5.56 Å². The summed E-state index contributed by atoms with van der Waals surface area (Å²) in [5.41, 5.74) is 3.67. The lowest BCUT2D eigenvalue weighted by molar-refractivity contribution is 0.0948. The van der Waals surface area contributed by atoms with Gasteiger partial charge in [-0.3, -0.25) is 15.2 Å². The third-order valence-corrected chi connectivity index (χ3v) is 2.73.